The van der Waals surface area contributed by atoms with Crippen molar-refractivity contribution in [3.63, 3.8) is 0 Å². The van der Waals surface area contributed by atoms with Gasteiger partial charge in [0.15, 0.2) is 0 Å². The van der Waals surface area contributed by atoms with Gasteiger partial charge in [0.05, 0.1) is 19.9 Å². The molecule has 0 radical (unpaired) electrons. The van der Waals surface area contributed by atoms with E-state index in [1.165, 1.54) is 0 Å². The lowest BCUT2D eigenvalue weighted by molar-refractivity contribution is -0.170. The van der Waals surface area contributed by atoms with Crippen molar-refractivity contribution in [2.45, 2.75) is 31.2 Å². The Morgan fingerprint density at radius 3 is 2.91 bits per heavy atom. The highest BCUT2D eigenvalue weighted by atomic mass is 19.3. The van der Waals surface area contributed by atoms with Gasteiger partial charge in [-0.3, -0.25) is 15.2 Å². The van der Waals surface area contributed by atoms with Crippen molar-refractivity contribution in [2.75, 3.05) is 40.0 Å². The minimum atomic E-state index is -2.61. The summed E-state index contributed by atoms with van der Waals surface area (Å²) in [5, 5.41) is 6.20. The van der Waals surface area contributed by atoms with Gasteiger partial charge >= 0.3 is 0 Å². The van der Waals surface area contributed by atoms with Gasteiger partial charge in [0.2, 0.25) is 0 Å². The zero-order chi connectivity index (χ0) is 15.8. The first-order valence-electron chi connectivity index (χ1n) is 7.94. The number of hydrogen-bond acceptors (Lipinski definition) is 5. The van der Waals surface area contributed by atoms with Crippen LogP contribution in [0.15, 0.2) is 17.3 Å². The SMILES string of the molecule is CC1/C=C\NCN(C)CN=C1N1CCCC2(C1)NCC2(F)F. The Hall–Kier alpha value is -1.21. The number of nitrogens with zero attached hydrogens (tertiary/aromatic N) is 3. The molecule has 0 aliphatic carbocycles. The summed E-state index contributed by atoms with van der Waals surface area (Å²) in [6.07, 6.45) is 5.28. The fraction of sp³-hybridized carbons (Fsp3) is 0.800. The van der Waals surface area contributed by atoms with E-state index in [-0.39, 0.29) is 12.5 Å². The van der Waals surface area contributed by atoms with E-state index in [0.29, 0.717) is 19.6 Å². The highest BCUT2D eigenvalue weighted by molar-refractivity contribution is 5.86. The van der Waals surface area contributed by atoms with E-state index in [9.17, 15) is 8.78 Å². The second-order valence-electron chi connectivity index (χ2n) is 6.69. The largest absolute Gasteiger partial charge is 0.378 e. The summed E-state index contributed by atoms with van der Waals surface area (Å²) in [6, 6.07) is 0. The average Bonchev–Trinajstić information content (AvgIpc) is 2.58. The zero-order valence-corrected chi connectivity index (χ0v) is 13.3. The maximum atomic E-state index is 14.0. The van der Waals surface area contributed by atoms with Gasteiger partial charge in [-0.15, -0.1) is 0 Å². The Morgan fingerprint density at radius 2 is 2.23 bits per heavy atom. The van der Waals surface area contributed by atoms with Crippen LogP contribution in [0.4, 0.5) is 8.78 Å². The molecule has 3 aliphatic rings. The molecule has 2 unspecified atom stereocenters. The molecule has 0 aromatic rings. The third-order valence-electron chi connectivity index (χ3n) is 4.91. The van der Waals surface area contributed by atoms with Crippen LogP contribution in [0.5, 0.6) is 0 Å². The number of hydrogen-bond donors (Lipinski definition) is 2. The van der Waals surface area contributed by atoms with Crippen molar-refractivity contribution in [3.8, 4) is 0 Å². The van der Waals surface area contributed by atoms with Gasteiger partial charge in [-0.25, -0.2) is 8.78 Å². The maximum Gasteiger partial charge on any atom is 0.279 e. The number of halogens is 2. The first-order valence-corrected chi connectivity index (χ1v) is 7.94. The maximum absolute atomic E-state index is 14.0. The number of rotatable bonds is 0. The molecule has 124 valence electrons. The predicted molar refractivity (Wildman–Crippen MR) is 82.9 cm³/mol. The quantitative estimate of drug-likeness (QED) is 0.702. The number of likely N-dealkylation sites (tertiary alicyclic amines) is 1. The second kappa shape index (κ2) is 5.77. The van der Waals surface area contributed by atoms with Crippen molar-refractivity contribution in [1.82, 2.24) is 20.4 Å². The fourth-order valence-corrected chi connectivity index (χ4v) is 3.45. The summed E-state index contributed by atoms with van der Waals surface area (Å²) < 4.78 is 28.1. The van der Waals surface area contributed by atoms with E-state index < -0.39 is 11.5 Å². The molecule has 3 aliphatic heterocycles. The number of piperidine rings is 1. The number of alkyl halides is 2. The molecule has 22 heavy (non-hydrogen) atoms. The van der Waals surface area contributed by atoms with E-state index in [4.69, 9.17) is 4.99 Å². The molecule has 5 nitrogen and oxygen atoms in total. The minimum absolute atomic E-state index is 0.114. The molecular weight excluding hydrogens is 288 g/mol. The van der Waals surface area contributed by atoms with Crippen molar-refractivity contribution in [2.24, 2.45) is 10.9 Å². The van der Waals surface area contributed by atoms with Gasteiger partial charge in [-0.1, -0.05) is 13.0 Å². The van der Waals surface area contributed by atoms with Gasteiger partial charge in [0.25, 0.3) is 5.92 Å². The monoisotopic (exact) mass is 313 g/mol. The van der Waals surface area contributed by atoms with Gasteiger partial charge < -0.3 is 10.2 Å². The third-order valence-corrected chi connectivity index (χ3v) is 4.91. The van der Waals surface area contributed by atoms with Crippen molar-refractivity contribution in [3.05, 3.63) is 12.3 Å². The number of aliphatic imine (C=N–C) groups is 1. The van der Waals surface area contributed by atoms with Gasteiger partial charge in [-0.05, 0) is 26.1 Å². The lowest BCUT2D eigenvalue weighted by Gasteiger charge is -2.55. The van der Waals surface area contributed by atoms with Crippen molar-refractivity contribution >= 4 is 5.84 Å². The van der Waals surface area contributed by atoms with Crippen LogP contribution in [-0.2, 0) is 0 Å². The first-order chi connectivity index (χ1) is 10.4. The minimum Gasteiger partial charge on any atom is -0.378 e. The fourth-order valence-electron chi connectivity index (χ4n) is 3.45. The standard InChI is InChI=1S/C15H25F2N5/c1-12-4-6-18-10-21(2)11-19-13(12)22-7-3-5-14(9-22)15(16,17)8-20-14/h4,6,12,18,20H,3,5,7-11H2,1-2H3/b6-4-,19-13?. The predicted octanol–water partition coefficient (Wildman–Crippen LogP) is 1.06. The van der Waals surface area contributed by atoms with Crippen LogP contribution < -0.4 is 10.6 Å². The molecule has 2 atom stereocenters. The van der Waals surface area contributed by atoms with Crippen LogP contribution in [0.2, 0.25) is 0 Å². The van der Waals surface area contributed by atoms with Crippen LogP contribution in [0, 0.1) is 5.92 Å². The van der Waals surface area contributed by atoms with Crippen LogP contribution in [0.25, 0.3) is 0 Å². The molecular formula is C15H25F2N5. The van der Waals surface area contributed by atoms with E-state index in [1.54, 1.807) is 0 Å². The average molecular weight is 313 g/mol. The molecule has 2 N–H and O–H groups in total. The lowest BCUT2D eigenvalue weighted by atomic mass is 9.76. The molecule has 3 heterocycles. The van der Waals surface area contributed by atoms with Crippen molar-refractivity contribution in [1.29, 1.82) is 0 Å². The molecule has 0 aromatic heterocycles. The highest BCUT2D eigenvalue weighted by Gasteiger charge is 2.62. The third kappa shape index (κ3) is 2.72. The number of nitrogens with one attached hydrogen (secondary N) is 2. The van der Waals surface area contributed by atoms with Crippen LogP contribution in [0.1, 0.15) is 19.8 Å². The Bertz CT molecular complexity index is 479. The van der Waals surface area contributed by atoms with Crippen LogP contribution in [0.3, 0.4) is 0 Å². The Morgan fingerprint density at radius 1 is 1.41 bits per heavy atom. The summed E-state index contributed by atoms with van der Waals surface area (Å²) in [7, 11) is 1.98. The van der Waals surface area contributed by atoms with Crippen LogP contribution in [-0.4, -0.2) is 67.1 Å². The highest BCUT2D eigenvalue weighted by Crippen LogP contribution is 2.42. The topological polar surface area (TPSA) is 42.9 Å². The summed E-state index contributed by atoms with van der Waals surface area (Å²) in [4.78, 5) is 8.81. The number of amidine groups is 1. The van der Waals surface area contributed by atoms with Gasteiger partial charge in [-0.2, -0.15) is 0 Å². The lowest BCUT2D eigenvalue weighted by Crippen LogP contribution is -2.78. The molecule has 0 amide bonds. The molecule has 3 rings (SSSR count). The van der Waals surface area contributed by atoms with E-state index >= 15 is 0 Å². The molecule has 7 heteroatoms. The Labute approximate surface area is 130 Å². The molecule has 0 saturated carbocycles. The van der Waals surface area contributed by atoms with Crippen molar-refractivity contribution < 1.29 is 8.78 Å². The summed E-state index contributed by atoms with van der Waals surface area (Å²) in [5.74, 6) is -1.58. The molecule has 0 aromatic carbocycles. The summed E-state index contributed by atoms with van der Waals surface area (Å²) in [6.45, 7) is 4.30. The Balaban J connectivity index is 1.80. The van der Waals surface area contributed by atoms with E-state index in [2.05, 4.69) is 27.4 Å². The summed E-state index contributed by atoms with van der Waals surface area (Å²) >= 11 is 0. The second-order valence-corrected chi connectivity index (χ2v) is 6.69. The first kappa shape index (κ1) is 15.7. The van der Waals surface area contributed by atoms with Gasteiger partial charge in [0.1, 0.15) is 11.4 Å². The Kier molecular flexibility index (Phi) is 4.11. The molecule has 2 saturated heterocycles. The van der Waals surface area contributed by atoms with Gasteiger partial charge in [0, 0.05) is 19.0 Å². The summed E-state index contributed by atoms with van der Waals surface area (Å²) in [5.41, 5.74) is -1.06. The van der Waals surface area contributed by atoms with Crippen LogP contribution >= 0.6 is 0 Å². The zero-order valence-electron chi connectivity index (χ0n) is 13.3. The van der Waals surface area contributed by atoms with E-state index in [1.807, 2.05) is 19.3 Å². The molecule has 0 bridgehead atoms. The smallest absolute Gasteiger partial charge is 0.279 e. The normalized spacial score (nSPS) is 37.4. The van der Waals surface area contributed by atoms with E-state index in [0.717, 1.165) is 25.5 Å². The molecule has 2 fully saturated rings. The molecule has 1 spiro atoms.